The van der Waals surface area contributed by atoms with E-state index < -0.39 is 12.3 Å². The first-order valence-electron chi connectivity index (χ1n) is 9.24. The highest BCUT2D eigenvalue weighted by atomic mass is 79.9. The molecule has 3 aromatic rings. The Balaban J connectivity index is 1.49. The van der Waals surface area contributed by atoms with E-state index in [1.165, 1.54) is 15.6 Å². The highest BCUT2D eigenvalue weighted by Crippen LogP contribution is 2.45. The summed E-state index contributed by atoms with van der Waals surface area (Å²) in [6.07, 6.45) is 0.537. The molecule has 1 aliphatic rings. The van der Waals surface area contributed by atoms with Gasteiger partial charge in [0.25, 0.3) is 6.43 Å². The molecule has 4 rings (SSSR count). The maximum atomic E-state index is 13.2. The molecule has 12 heteroatoms. The molecule has 0 bridgehead atoms. The topological polar surface area (TPSA) is 64.7 Å². The van der Waals surface area contributed by atoms with E-state index in [0.717, 1.165) is 12.8 Å². The summed E-state index contributed by atoms with van der Waals surface area (Å²) in [6, 6.07) is 5.16. The van der Waals surface area contributed by atoms with Crippen molar-refractivity contribution in [1.29, 1.82) is 0 Å². The molecule has 0 unspecified atom stereocenters. The Bertz CT molecular complexity index is 1130. The lowest BCUT2D eigenvalue weighted by molar-refractivity contribution is -0.117. The molecule has 6 nitrogen and oxygen atoms in total. The van der Waals surface area contributed by atoms with Crippen LogP contribution in [0.5, 0.6) is 0 Å². The van der Waals surface area contributed by atoms with Crippen LogP contribution in [-0.2, 0) is 17.9 Å². The minimum absolute atomic E-state index is 0.116. The van der Waals surface area contributed by atoms with Crippen molar-refractivity contribution in [1.82, 2.24) is 19.6 Å². The second-order valence-electron chi connectivity index (χ2n) is 7.09. The lowest BCUT2D eigenvalue weighted by Crippen LogP contribution is -2.21. The quantitative estimate of drug-likeness (QED) is 0.373. The largest absolute Gasteiger partial charge is 0.306 e. The van der Waals surface area contributed by atoms with Gasteiger partial charge in [-0.3, -0.25) is 14.2 Å². The van der Waals surface area contributed by atoms with Crippen LogP contribution in [0.25, 0.3) is 0 Å². The standard InChI is InChI=1S/C19H15BrCl3F2N5O/c20-15-16(18(24)25)27-30(17(15)9-4-5-9)8-14(31)26-19-13(23)7-29(28-19)6-10-11(21)2-1-3-12(10)22/h1-3,7,9,18H,4-6,8H2,(H,26,28,31). The SMILES string of the molecule is O=C(Cn1nc(C(F)F)c(Br)c1C1CC1)Nc1nn(Cc2c(Cl)cccc2Cl)cc1Cl. The van der Waals surface area contributed by atoms with Gasteiger partial charge in [-0.15, -0.1) is 0 Å². The average Bonchev–Trinajstić information content (AvgIpc) is 3.39. The van der Waals surface area contributed by atoms with Gasteiger partial charge in [-0.25, -0.2) is 8.78 Å². The van der Waals surface area contributed by atoms with E-state index in [1.54, 1.807) is 18.2 Å². The Kier molecular flexibility index (Phi) is 6.57. The highest BCUT2D eigenvalue weighted by Gasteiger charge is 2.34. The number of amides is 1. The van der Waals surface area contributed by atoms with Crippen LogP contribution in [0.3, 0.4) is 0 Å². The van der Waals surface area contributed by atoms with Crippen molar-refractivity contribution in [2.75, 3.05) is 5.32 Å². The maximum Gasteiger partial charge on any atom is 0.283 e. The van der Waals surface area contributed by atoms with Crippen molar-refractivity contribution in [2.45, 2.75) is 38.3 Å². The first kappa shape index (κ1) is 22.5. The Hall–Kier alpha value is -1.68. The van der Waals surface area contributed by atoms with E-state index >= 15 is 0 Å². The zero-order valence-electron chi connectivity index (χ0n) is 15.8. The molecule has 1 amide bonds. The number of nitrogens with one attached hydrogen (secondary N) is 1. The minimum atomic E-state index is -2.74. The molecule has 0 saturated heterocycles. The van der Waals surface area contributed by atoms with E-state index in [1.807, 2.05) is 0 Å². The second-order valence-corrected chi connectivity index (χ2v) is 9.10. The van der Waals surface area contributed by atoms with Crippen molar-refractivity contribution in [3.8, 4) is 0 Å². The van der Waals surface area contributed by atoms with Crippen LogP contribution in [-0.4, -0.2) is 25.5 Å². The number of carbonyl (C=O) groups is 1. The van der Waals surface area contributed by atoms with Crippen molar-refractivity contribution >= 4 is 62.5 Å². The number of rotatable bonds is 7. The van der Waals surface area contributed by atoms with Gasteiger partial charge in [-0.05, 0) is 40.9 Å². The average molecular weight is 554 g/mol. The molecule has 0 radical (unpaired) electrons. The fraction of sp³-hybridized carbons (Fsp3) is 0.316. The van der Waals surface area contributed by atoms with Crippen LogP contribution in [0, 0.1) is 0 Å². The van der Waals surface area contributed by atoms with Gasteiger partial charge in [-0.1, -0.05) is 40.9 Å². The molecule has 2 heterocycles. The maximum absolute atomic E-state index is 13.2. The molecule has 0 aliphatic heterocycles. The molecule has 0 spiro atoms. The van der Waals surface area contributed by atoms with E-state index in [0.29, 0.717) is 21.3 Å². The summed E-state index contributed by atoms with van der Waals surface area (Å²) < 4.78 is 29.5. The molecule has 164 valence electrons. The normalized spacial score (nSPS) is 13.8. The van der Waals surface area contributed by atoms with Crippen LogP contribution < -0.4 is 5.32 Å². The second kappa shape index (κ2) is 9.05. The molecule has 0 atom stereocenters. The van der Waals surface area contributed by atoms with Gasteiger partial charge in [-0.2, -0.15) is 10.2 Å². The number of carbonyl (C=O) groups excluding carboxylic acids is 1. The molecular weight excluding hydrogens is 539 g/mol. The smallest absolute Gasteiger partial charge is 0.283 e. The van der Waals surface area contributed by atoms with Crippen LogP contribution >= 0.6 is 50.7 Å². The van der Waals surface area contributed by atoms with Crippen molar-refractivity contribution < 1.29 is 13.6 Å². The third-order valence-corrected chi connectivity index (χ3v) is 6.57. The summed E-state index contributed by atoms with van der Waals surface area (Å²) in [5.41, 5.74) is 0.905. The van der Waals surface area contributed by atoms with Crippen molar-refractivity contribution in [2.24, 2.45) is 0 Å². The van der Waals surface area contributed by atoms with Gasteiger partial charge in [0.15, 0.2) is 5.82 Å². The zero-order chi connectivity index (χ0) is 22.3. The first-order valence-corrected chi connectivity index (χ1v) is 11.2. The number of benzene rings is 1. The summed E-state index contributed by atoms with van der Waals surface area (Å²) in [5.74, 6) is -0.228. The number of nitrogens with zero attached hydrogens (tertiary/aromatic N) is 4. The molecule has 1 aliphatic carbocycles. The van der Waals surface area contributed by atoms with Gasteiger partial charge >= 0.3 is 0 Å². The van der Waals surface area contributed by atoms with Crippen molar-refractivity contribution in [3.05, 3.63) is 60.9 Å². The Morgan fingerprint density at radius 3 is 2.48 bits per heavy atom. The Labute approximate surface area is 199 Å². The summed E-state index contributed by atoms with van der Waals surface area (Å²) >= 11 is 21.8. The number of anilines is 1. The van der Waals surface area contributed by atoms with Crippen molar-refractivity contribution in [3.63, 3.8) is 0 Å². The van der Waals surface area contributed by atoms with Crippen LogP contribution in [0.1, 0.15) is 42.1 Å². The summed E-state index contributed by atoms with van der Waals surface area (Å²) in [7, 11) is 0. The predicted octanol–water partition coefficient (Wildman–Crippen LogP) is 6.30. The molecular formula is C19H15BrCl3F2N5O. The fourth-order valence-electron chi connectivity index (χ4n) is 3.19. The molecule has 1 fully saturated rings. The van der Waals surface area contributed by atoms with E-state index in [9.17, 15) is 13.6 Å². The molecule has 31 heavy (non-hydrogen) atoms. The van der Waals surface area contributed by atoms with Gasteiger partial charge < -0.3 is 5.32 Å². The van der Waals surface area contributed by atoms with Gasteiger partial charge in [0.1, 0.15) is 17.3 Å². The number of hydrogen-bond acceptors (Lipinski definition) is 3. The van der Waals surface area contributed by atoms with Gasteiger partial charge in [0.2, 0.25) is 5.91 Å². The van der Waals surface area contributed by atoms with Crippen LogP contribution in [0.15, 0.2) is 28.9 Å². The van der Waals surface area contributed by atoms with E-state index in [-0.39, 0.29) is 40.0 Å². The number of alkyl halides is 2. The molecule has 1 saturated carbocycles. The van der Waals surface area contributed by atoms with Crippen LogP contribution in [0.2, 0.25) is 15.1 Å². The molecule has 1 N–H and O–H groups in total. The zero-order valence-corrected chi connectivity index (χ0v) is 19.6. The van der Waals surface area contributed by atoms with E-state index in [2.05, 4.69) is 31.4 Å². The summed E-state index contributed by atoms with van der Waals surface area (Å²) in [5, 5.41) is 12.0. The van der Waals surface area contributed by atoms with Gasteiger partial charge in [0.05, 0.1) is 16.7 Å². The minimum Gasteiger partial charge on any atom is -0.306 e. The predicted molar refractivity (Wildman–Crippen MR) is 118 cm³/mol. The Morgan fingerprint density at radius 2 is 1.87 bits per heavy atom. The third kappa shape index (κ3) is 4.89. The van der Waals surface area contributed by atoms with Gasteiger partial charge in [0, 0.05) is 27.7 Å². The van der Waals surface area contributed by atoms with E-state index in [4.69, 9.17) is 34.8 Å². The summed E-state index contributed by atoms with van der Waals surface area (Å²) in [6.45, 7) is 0.0143. The van der Waals surface area contributed by atoms with Crippen LogP contribution in [0.4, 0.5) is 14.6 Å². The Morgan fingerprint density at radius 1 is 1.19 bits per heavy atom. The molecule has 1 aromatic carbocycles. The third-order valence-electron chi connectivity index (χ3n) is 4.78. The highest BCUT2D eigenvalue weighted by molar-refractivity contribution is 9.10. The monoisotopic (exact) mass is 551 g/mol. The lowest BCUT2D eigenvalue weighted by Gasteiger charge is -2.08. The lowest BCUT2D eigenvalue weighted by atomic mass is 10.2. The number of aromatic nitrogens is 4. The number of halogens is 6. The fourth-order valence-corrected chi connectivity index (χ4v) is 4.69. The first-order chi connectivity index (χ1) is 14.7. The summed E-state index contributed by atoms with van der Waals surface area (Å²) in [4.78, 5) is 12.6. The number of hydrogen-bond donors (Lipinski definition) is 1. The molecule has 2 aromatic heterocycles.